The SMILES string of the molecule is Cc1ccc(-c2cccc(-c3ccc(-c4ccccc4)cc3)c2O)c(C)c1-c1n(-c2c(C(C)C)cccc2C(C)C)c2cc(-c3ccccc3)ccc2[n+]1C. The Balaban J connectivity index is 1.36. The van der Waals surface area contributed by atoms with Crippen LogP contribution in [0.15, 0.2) is 152 Å². The van der Waals surface area contributed by atoms with E-state index in [4.69, 9.17) is 0 Å². The molecule has 0 atom stereocenters. The molecule has 0 bridgehead atoms. The Bertz CT molecular complexity index is 2640. The van der Waals surface area contributed by atoms with Crippen molar-refractivity contribution in [3.63, 3.8) is 0 Å². The summed E-state index contributed by atoms with van der Waals surface area (Å²) >= 11 is 0. The lowest BCUT2D eigenvalue weighted by Gasteiger charge is -2.20. The van der Waals surface area contributed by atoms with Gasteiger partial charge >= 0.3 is 0 Å². The number of imidazole rings is 1. The molecule has 7 aromatic carbocycles. The molecule has 0 radical (unpaired) electrons. The molecule has 0 unspecified atom stereocenters. The Morgan fingerprint density at radius 3 is 1.65 bits per heavy atom. The smallest absolute Gasteiger partial charge is 0.295 e. The van der Waals surface area contributed by atoms with Gasteiger partial charge in [0, 0.05) is 22.3 Å². The quantitative estimate of drug-likeness (QED) is 0.156. The summed E-state index contributed by atoms with van der Waals surface area (Å²) in [5, 5.41) is 12.1. The van der Waals surface area contributed by atoms with Gasteiger partial charge in [0.25, 0.3) is 5.82 Å². The number of hydrogen-bond acceptors (Lipinski definition) is 1. The molecular weight excluding hydrogens is 669 g/mol. The minimum atomic E-state index is 0.289. The van der Waals surface area contributed by atoms with Gasteiger partial charge in [-0.05, 0) is 88.4 Å². The van der Waals surface area contributed by atoms with Gasteiger partial charge in [-0.2, -0.15) is 4.57 Å². The summed E-state index contributed by atoms with van der Waals surface area (Å²) in [6.07, 6.45) is 0. The molecule has 0 aliphatic rings. The standard InChI is InChI=1S/C52H48N2O/c1-33(2)42-20-14-21-43(34(3)4)50(42)54-48-32-41(38-18-12-9-13-19-38)29-31-47(48)53(7)52(54)49-35(5)24-30-44(36(49)6)46-23-15-22-45(51(46)55)40-27-25-39(26-28-40)37-16-10-8-11-17-37/h8-34H,1-7H3/p+1. The molecule has 0 amide bonds. The molecule has 55 heavy (non-hydrogen) atoms. The fourth-order valence-corrected chi connectivity index (χ4v) is 8.40. The summed E-state index contributed by atoms with van der Waals surface area (Å²) in [6, 6.07) is 53.8. The van der Waals surface area contributed by atoms with Crippen LogP contribution in [0.3, 0.4) is 0 Å². The second-order valence-electron chi connectivity index (χ2n) is 15.5. The first-order valence-electron chi connectivity index (χ1n) is 19.5. The third kappa shape index (κ3) is 6.34. The fourth-order valence-electron chi connectivity index (χ4n) is 8.40. The maximum absolute atomic E-state index is 12.1. The monoisotopic (exact) mass is 717 g/mol. The molecule has 272 valence electrons. The van der Waals surface area contributed by atoms with Crippen LogP contribution in [-0.4, -0.2) is 9.67 Å². The Morgan fingerprint density at radius 1 is 0.509 bits per heavy atom. The van der Waals surface area contributed by atoms with Gasteiger partial charge in [-0.1, -0.05) is 161 Å². The van der Waals surface area contributed by atoms with Crippen molar-refractivity contribution in [3.8, 4) is 67.3 Å². The van der Waals surface area contributed by atoms with Crippen molar-refractivity contribution in [1.29, 1.82) is 0 Å². The fraction of sp³-hybridized carbons (Fsp3) is 0.173. The average Bonchev–Trinajstić information content (AvgIpc) is 3.49. The van der Waals surface area contributed by atoms with E-state index in [9.17, 15) is 5.11 Å². The third-order valence-corrected chi connectivity index (χ3v) is 11.3. The molecule has 3 nitrogen and oxygen atoms in total. The van der Waals surface area contributed by atoms with Crippen LogP contribution in [0.2, 0.25) is 0 Å². The lowest BCUT2D eigenvalue weighted by Crippen LogP contribution is -2.31. The zero-order valence-electron chi connectivity index (χ0n) is 32.9. The molecule has 0 aliphatic carbocycles. The van der Waals surface area contributed by atoms with Crippen LogP contribution < -0.4 is 4.57 Å². The normalized spacial score (nSPS) is 11.6. The maximum atomic E-state index is 12.1. The number of aromatic hydroxyl groups is 1. The van der Waals surface area contributed by atoms with Crippen molar-refractivity contribution in [2.24, 2.45) is 7.05 Å². The number of aryl methyl sites for hydroxylation is 2. The number of fused-ring (bicyclic) bond motifs is 1. The van der Waals surface area contributed by atoms with E-state index in [0.29, 0.717) is 11.8 Å². The molecule has 0 saturated heterocycles. The van der Waals surface area contributed by atoms with Crippen molar-refractivity contribution in [3.05, 3.63) is 174 Å². The summed E-state index contributed by atoms with van der Waals surface area (Å²) in [7, 11) is 2.20. The molecule has 0 aliphatic heterocycles. The minimum absolute atomic E-state index is 0.289. The van der Waals surface area contributed by atoms with E-state index in [1.165, 1.54) is 50.1 Å². The zero-order valence-corrected chi connectivity index (χ0v) is 32.9. The highest BCUT2D eigenvalue weighted by atomic mass is 16.3. The van der Waals surface area contributed by atoms with E-state index in [0.717, 1.165) is 44.7 Å². The summed E-state index contributed by atoms with van der Waals surface area (Å²) in [5.41, 5.74) is 18.1. The molecule has 3 heteroatoms. The van der Waals surface area contributed by atoms with Crippen molar-refractivity contribution in [2.75, 3.05) is 0 Å². The van der Waals surface area contributed by atoms with Crippen LogP contribution in [0.5, 0.6) is 5.75 Å². The second kappa shape index (κ2) is 14.6. The molecule has 0 fully saturated rings. The van der Waals surface area contributed by atoms with E-state index in [1.54, 1.807) is 0 Å². The predicted molar refractivity (Wildman–Crippen MR) is 231 cm³/mol. The Kier molecular flexibility index (Phi) is 9.49. The summed E-state index contributed by atoms with van der Waals surface area (Å²) in [5.74, 6) is 2.05. The highest BCUT2D eigenvalue weighted by molar-refractivity contribution is 5.90. The van der Waals surface area contributed by atoms with E-state index in [2.05, 4.69) is 191 Å². The number of benzene rings is 7. The number of aromatic nitrogens is 2. The van der Waals surface area contributed by atoms with Crippen molar-refractivity contribution in [1.82, 2.24) is 4.57 Å². The van der Waals surface area contributed by atoms with Crippen LogP contribution in [0.25, 0.3) is 72.6 Å². The van der Waals surface area contributed by atoms with Crippen LogP contribution in [-0.2, 0) is 7.05 Å². The van der Waals surface area contributed by atoms with Crippen molar-refractivity contribution in [2.45, 2.75) is 53.4 Å². The van der Waals surface area contributed by atoms with E-state index >= 15 is 0 Å². The largest absolute Gasteiger partial charge is 0.507 e. The third-order valence-electron chi connectivity index (χ3n) is 11.3. The summed E-state index contributed by atoms with van der Waals surface area (Å²) < 4.78 is 4.91. The van der Waals surface area contributed by atoms with Gasteiger partial charge in [0.1, 0.15) is 11.4 Å². The molecule has 1 N–H and O–H groups in total. The highest BCUT2D eigenvalue weighted by Crippen LogP contribution is 2.44. The first-order valence-corrected chi connectivity index (χ1v) is 19.5. The molecule has 0 saturated carbocycles. The lowest BCUT2D eigenvalue weighted by molar-refractivity contribution is -0.633. The van der Waals surface area contributed by atoms with Crippen molar-refractivity contribution >= 4 is 11.0 Å². The van der Waals surface area contributed by atoms with Gasteiger partial charge in [0.15, 0.2) is 11.0 Å². The van der Waals surface area contributed by atoms with Gasteiger partial charge < -0.3 is 5.11 Å². The number of hydrogen-bond donors (Lipinski definition) is 1. The van der Waals surface area contributed by atoms with Gasteiger partial charge in [0.2, 0.25) is 0 Å². The van der Waals surface area contributed by atoms with Crippen LogP contribution in [0.1, 0.15) is 61.8 Å². The van der Waals surface area contributed by atoms with Gasteiger partial charge in [-0.25, -0.2) is 4.57 Å². The topological polar surface area (TPSA) is 29.0 Å². The van der Waals surface area contributed by atoms with E-state index < -0.39 is 0 Å². The Labute approximate surface area is 325 Å². The number of rotatable bonds is 8. The summed E-state index contributed by atoms with van der Waals surface area (Å²) in [4.78, 5) is 0. The van der Waals surface area contributed by atoms with Gasteiger partial charge in [-0.3, -0.25) is 0 Å². The minimum Gasteiger partial charge on any atom is -0.507 e. The summed E-state index contributed by atoms with van der Waals surface area (Å²) in [6.45, 7) is 13.6. The predicted octanol–water partition coefficient (Wildman–Crippen LogP) is 13.4. The zero-order chi connectivity index (χ0) is 38.4. The molecule has 8 aromatic rings. The van der Waals surface area contributed by atoms with E-state index in [-0.39, 0.29) is 5.75 Å². The van der Waals surface area contributed by atoms with Crippen LogP contribution >= 0.6 is 0 Å². The first-order chi connectivity index (χ1) is 26.6. The molecule has 1 heterocycles. The number of para-hydroxylation sites is 2. The Hall–Kier alpha value is -6.19. The molecule has 0 spiro atoms. The number of phenolic OH excluding ortho intramolecular Hbond substituents is 1. The molecule has 8 rings (SSSR count). The Morgan fingerprint density at radius 2 is 1.04 bits per heavy atom. The maximum Gasteiger partial charge on any atom is 0.295 e. The first kappa shape index (κ1) is 35.8. The lowest BCUT2D eigenvalue weighted by atomic mass is 9.89. The molecular formula is C52H49N2O+. The van der Waals surface area contributed by atoms with E-state index in [1.807, 2.05) is 18.2 Å². The average molecular weight is 718 g/mol. The number of phenols is 1. The van der Waals surface area contributed by atoms with Gasteiger partial charge in [0.05, 0.1) is 12.6 Å². The van der Waals surface area contributed by atoms with Crippen LogP contribution in [0.4, 0.5) is 0 Å². The highest BCUT2D eigenvalue weighted by Gasteiger charge is 2.33. The van der Waals surface area contributed by atoms with Gasteiger partial charge in [-0.15, -0.1) is 0 Å². The molecule has 1 aromatic heterocycles. The van der Waals surface area contributed by atoms with Crippen molar-refractivity contribution < 1.29 is 9.67 Å². The van der Waals surface area contributed by atoms with Crippen LogP contribution in [0, 0.1) is 13.8 Å². The number of nitrogens with zero attached hydrogens (tertiary/aromatic N) is 2. The second-order valence-corrected chi connectivity index (χ2v) is 15.5.